The Balaban J connectivity index is 1.85. The van der Waals surface area contributed by atoms with E-state index in [0.717, 1.165) is 24.4 Å². The first-order valence-corrected chi connectivity index (χ1v) is 7.24. The first-order valence-electron chi connectivity index (χ1n) is 6.36. The van der Waals surface area contributed by atoms with Gasteiger partial charge in [-0.3, -0.25) is 4.79 Å². The Morgan fingerprint density at radius 1 is 1.56 bits per heavy atom. The Morgan fingerprint density at radius 3 is 3.06 bits per heavy atom. The van der Waals surface area contributed by atoms with E-state index in [1.165, 1.54) is 30.6 Å². The number of carbonyl (C=O) groups is 1. The minimum atomic E-state index is -0.00866. The Morgan fingerprint density at radius 2 is 2.39 bits per heavy atom. The van der Waals surface area contributed by atoms with E-state index in [1.807, 2.05) is 11.4 Å². The fraction of sp³-hybridized carbons (Fsp3) is 0.500. The van der Waals surface area contributed by atoms with Crippen molar-refractivity contribution in [2.24, 2.45) is 11.7 Å². The van der Waals surface area contributed by atoms with E-state index in [0.29, 0.717) is 11.4 Å². The average Bonchev–Trinajstić information content (AvgIpc) is 2.77. The van der Waals surface area contributed by atoms with Gasteiger partial charge in [0.1, 0.15) is 4.88 Å². The van der Waals surface area contributed by atoms with Gasteiger partial charge in [0.05, 0.1) is 6.54 Å². The van der Waals surface area contributed by atoms with Gasteiger partial charge in [0.15, 0.2) is 0 Å². The number of amides is 1. The quantitative estimate of drug-likeness (QED) is 0.815. The first kappa shape index (κ1) is 13.1. The highest BCUT2D eigenvalue weighted by atomic mass is 32.1. The highest BCUT2D eigenvalue weighted by Gasteiger charge is 2.17. The predicted molar refractivity (Wildman–Crippen MR) is 74.5 cm³/mol. The molecule has 0 aromatic carbocycles. The molecule has 1 saturated carbocycles. The van der Waals surface area contributed by atoms with Gasteiger partial charge in [0.25, 0.3) is 5.91 Å². The van der Waals surface area contributed by atoms with Crippen LogP contribution in [-0.2, 0) is 0 Å². The van der Waals surface area contributed by atoms with E-state index in [-0.39, 0.29) is 5.91 Å². The summed E-state index contributed by atoms with van der Waals surface area (Å²) in [6, 6.07) is 1.87. The van der Waals surface area contributed by atoms with Crippen LogP contribution in [0.3, 0.4) is 0 Å². The molecule has 0 radical (unpaired) electrons. The third kappa shape index (κ3) is 3.34. The van der Waals surface area contributed by atoms with E-state index < -0.39 is 0 Å². The number of hydrogen-bond acceptors (Lipinski definition) is 3. The predicted octanol–water partition coefficient (Wildman–Crippen LogP) is 1.98. The van der Waals surface area contributed by atoms with Crippen LogP contribution in [0.2, 0.25) is 0 Å². The molecule has 2 rings (SSSR count). The van der Waals surface area contributed by atoms with Gasteiger partial charge in [-0.05, 0) is 23.8 Å². The zero-order valence-electron chi connectivity index (χ0n) is 10.4. The van der Waals surface area contributed by atoms with Crippen molar-refractivity contribution >= 4 is 17.2 Å². The normalized spacial score (nSPS) is 14.5. The molecular formula is C14H18N2OS. The van der Waals surface area contributed by atoms with E-state index in [2.05, 4.69) is 17.2 Å². The molecule has 1 aliphatic carbocycles. The molecule has 1 amide bonds. The van der Waals surface area contributed by atoms with Crippen molar-refractivity contribution in [1.29, 1.82) is 0 Å². The molecule has 0 spiro atoms. The Bertz CT molecular complexity index is 466. The number of nitrogens with two attached hydrogens (primary N) is 1. The van der Waals surface area contributed by atoms with Crippen LogP contribution in [0, 0.1) is 17.8 Å². The van der Waals surface area contributed by atoms with Crippen LogP contribution in [-0.4, -0.2) is 19.0 Å². The van der Waals surface area contributed by atoms with Crippen molar-refractivity contribution in [3.8, 4) is 11.8 Å². The number of hydrogen-bond donors (Lipinski definition) is 2. The van der Waals surface area contributed by atoms with Crippen LogP contribution in [0.15, 0.2) is 11.4 Å². The van der Waals surface area contributed by atoms with Crippen molar-refractivity contribution < 1.29 is 4.79 Å². The van der Waals surface area contributed by atoms with E-state index >= 15 is 0 Å². The van der Waals surface area contributed by atoms with Gasteiger partial charge in [0, 0.05) is 12.1 Å². The summed E-state index contributed by atoms with van der Waals surface area (Å²) >= 11 is 1.43. The Labute approximate surface area is 112 Å². The van der Waals surface area contributed by atoms with E-state index in [4.69, 9.17) is 5.73 Å². The van der Waals surface area contributed by atoms with Crippen LogP contribution in [0.5, 0.6) is 0 Å². The molecule has 0 saturated heterocycles. The van der Waals surface area contributed by atoms with Gasteiger partial charge in [-0.2, -0.15) is 0 Å². The summed E-state index contributed by atoms with van der Waals surface area (Å²) in [4.78, 5) is 12.7. The monoisotopic (exact) mass is 262 g/mol. The second-order valence-corrected chi connectivity index (χ2v) is 5.43. The summed E-state index contributed by atoms with van der Waals surface area (Å²) in [5.41, 5.74) is 6.12. The third-order valence-electron chi connectivity index (χ3n) is 3.26. The second-order valence-electron chi connectivity index (χ2n) is 4.51. The summed E-state index contributed by atoms with van der Waals surface area (Å²) in [6.07, 6.45) is 5.09. The number of carbonyl (C=O) groups excluding carboxylic acids is 1. The van der Waals surface area contributed by atoms with Gasteiger partial charge in [-0.25, -0.2) is 0 Å². The van der Waals surface area contributed by atoms with Gasteiger partial charge in [0.2, 0.25) is 0 Å². The molecule has 4 heteroatoms. The molecular weight excluding hydrogens is 244 g/mol. The van der Waals surface area contributed by atoms with Crippen molar-refractivity contribution in [3.05, 3.63) is 21.9 Å². The lowest BCUT2D eigenvalue weighted by molar-refractivity contribution is 0.0953. The van der Waals surface area contributed by atoms with Crippen LogP contribution >= 0.6 is 11.3 Å². The summed E-state index contributed by atoms with van der Waals surface area (Å²) in [5.74, 6) is 6.53. The van der Waals surface area contributed by atoms with Gasteiger partial charge in [-0.15, -0.1) is 11.3 Å². The molecule has 3 nitrogen and oxygen atoms in total. The van der Waals surface area contributed by atoms with Crippen LogP contribution < -0.4 is 11.1 Å². The Hall–Kier alpha value is -1.31. The van der Waals surface area contributed by atoms with Crippen LogP contribution in [0.1, 0.15) is 40.9 Å². The molecule has 0 aliphatic heterocycles. The lowest BCUT2D eigenvalue weighted by Gasteiger charge is -2.25. The van der Waals surface area contributed by atoms with Crippen molar-refractivity contribution in [2.75, 3.05) is 13.1 Å². The molecule has 3 N–H and O–H groups in total. The molecule has 1 aromatic heterocycles. The van der Waals surface area contributed by atoms with E-state index in [9.17, 15) is 4.79 Å². The number of nitrogens with one attached hydrogen (secondary N) is 1. The minimum absolute atomic E-state index is 0.00866. The number of rotatable bonds is 4. The zero-order valence-corrected chi connectivity index (χ0v) is 11.2. The summed E-state index contributed by atoms with van der Waals surface area (Å²) in [5, 5.41) is 4.86. The van der Waals surface area contributed by atoms with Gasteiger partial charge >= 0.3 is 0 Å². The fourth-order valence-electron chi connectivity index (χ4n) is 1.98. The first-order chi connectivity index (χ1) is 8.81. The lowest BCUT2D eigenvalue weighted by atomic mass is 9.83. The molecule has 0 atom stereocenters. The number of thiophene rings is 1. The molecule has 1 fully saturated rings. The maximum atomic E-state index is 12.0. The molecule has 0 bridgehead atoms. The summed E-state index contributed by atoms with van der Waals surface area (Å²) < 4.78 is 0. The molecule has 0 unspecified atom stereocenters. The Kier molecular flexibility index (Phi) is 4.80. The van der Waals surface area contributed by atoms with Gasteiger partial charge in [-0.1, -0.05) is 31.1 Å². The summed E-state index contributed by atoms with van der Waals surface area (Å²) in [7, 11) is 0. The van der Waals surface area contributed by atoms with Crippen LogP contribution in [0.25, 0.3) is 0 Å². The zero-order chi connectivity index (χ0) is 12.8. The van der Waals surface area contributed by atoms with Crippen molar-refractivity contribution in [3.63, 3.8) is 0 Å². The highest BCUT2D eigenvalue weighted by Crippen LogP contribution is 2.28. The summed E-state index contributed by atoms with van der Waals surface area (Å²) in [6.45, 7) is 1.09. The SMILES string of the molecule is NCC#Cc1ccsc1C(=O)NCCC1CCC1. The fourth-order valence-corrected chi connectivity index (χ4v) is 2.75. The molecule has 1 heterocycles. The van der Waals surface area contributed by atoms with Crippen molar-refractivity contribution in [1.82, 2.24) is 5.32 Å². The largest absolute Gasteiger partial charge is 0.351 e. The molecule has 1 aromatic rings. The topological polar surface area (TPSA) is 55.1 Å². The standard InChI is InChI=1S/C14H18N2OS/c15-8-2-5-12-7-10-18-13(12)14(17)16-9-6-11-3-1-4-11/h7,10-11H,1,3-4,6,8-9,15H2,(H,16,17). The smallest absolute Gasteiger partial charge is 0.262 e. The molecule has 18 heavy (non-hydrogen) atoms. The van der Waals surface area contributed by atoms with Crippen molar-refractivity contribution in [2.45, 2.75) is 25.7 Å². The minimum Gasteiger partial charge on any atom is -0.351 e. The highest BCUT2D eigenvalue weighted by molar-refractivity contribution is 7.12. The third-order valence-corrected chi connectivity index (χ3v) is 4.17. The average molecular weight is 262 g/mol. The molecule has 96 valence electrons. The maximum absolute atomic E-state index is 12.0. The lowest BCUT2D eigenvalue weighted by Crippen LogP contribution is -2.27. The second kappa shape index (κ2) is 6.58. The van der Waals surface area contributed by atoms with Crippen LogP contribution in [0.4, 0.5) is 0 Å². The van der Waals surface area contributed by atoms with E-state index in [1.54, 1.807) is 0 Å². The molecule has 1 aliphatic rings. The maximum Gasteiger partial charge on any atom is 0.262 e. The van der Waals surface area contributed by atoms with Gasteiger partial charge < -0.3 is 11.1 Å².